The quantitative estimate of drug-likeness (QED) is 0.458. The Balaban J connectivity index is 2.03. The van der Waals surface area contributed by atoms with Gasteiger partial charge in [-0.25, -0.2) is 9.18 Å². The molecule has 2 atom stereocenters. The fourth-order valence-electron chi connectivity index (χ4n) is 4.69. The first-order chi connectivity index (χ1) is 17.3. The van der Waals surface area contributed by atoms with Crippen LogP contribution in [0.15, 0.2) is 42.5 Å². The Kier molecular flexibility index (Phi) is 7.78. The van der Waals surface area contributed by atoms with Gasteiger partial charge in [-0.3, -0.25) is 4.79 Å². The van der Waals surface area contributed by atoms with Crippen LogP contribution in [0.25, 0.3) is 0 Å². The molecule has 1 fully saturated rings. The van der Waals surface area contributed by atoms with Gasteiger partial charge in [0.1, 0.15) is 5.82 Å². The van der Waals surface area contributed by atoms with E-state index in [0.29, 0.717) is 17.7 Å². The van der Waals surface area contributed by atoms with Gasteiger partial charge in [0, 0.05) is 40.2 Å². The minimum absolute atomic E-state index is 0.0139. The van der Waals surface area contributed by atoms with Crippen LogP contribution in [-0.4, -0.2) is 66.9 Å². The van der Waals surface area contributed by atoms with E-state index in [2.05, 4.69) is 0 Å². The normalized spacial score (nSPS) is 18.5. The van der Waals surface area contributed by atoms with Crippen molar-refractivity contribution in [3.05, 3.63) is 70.5 Å². The topological polar surface area (TPSA) is 43.9 Å². The van der Waals surface area contributed by atoms with Crippen molar-refractivity contribution in [3.63, 3.8) is 0 Å². The Morgan fingerprint density at radius 1 is 0.816 bits per heavy atom. The molecule has 3 amide bonds. The lowest BCUT2D eigenvalue weighted by molar-refractivity contribution is -0.144. The first-order valence-corrected chi connectivity index (χ1v) is 11.6. The summed E-state index contributed by atoms with van der Waals surface area (Å²) in [6.45, 7) is 2.75. The smallest absolute Gasteiger partial charge is 0.340 e. The van der Waals surface area contributed by atoms with Crippen molar-refractivity contribution in [1.82, 2.24) is 14.7 Å². The molecule has 1 aliphatic heterocycles. The minimum Gasteiger partial charge on any atom is -0.340 e. The third-order valence-electron chi connectivity index (χ3n) is 6.90. The van der Waals surface area contributed by atoms with Gasteiger partial charge in [-0.1, -0.05) is 12.1 Å². The molecule has 3 rings (SSSR count). The van der Waals surface area contributed by atoms with Crippen LogP contribution in [0, 0.1) is 5.82 Å². The van der Waals surface area contributed by atoms with Crippen molar-refractivity contribution < 1.29 is 40.3 Å². The van der Waals surface area contributed by atoms with Crippen molar-refractivity contribution >= 4 is 11.9 Å². The number of amides is 3. The van der Waals surface area contributed by atoms with E-state index in [1.54, 1.807) is 14.1 Å². The molecule has 1 aliphatic rings. The summed E-state index contributed by atoms with van der Waals surface area (Å²) in [6, 6.07) is 5.59. The summed E-state index contributed by atoms with van der Waals surface area (Å²) in [5, 5.41) is 0. The molecule has 1 saturated heterocycles. The maximum absolute atomic E-state index is 13.7. The van der Waals surface area contributed by atoms with Crippen LogP contribution in [0.3, 0.4) is 0 Å². The highest BCUT2D eigenvalue weighted by atomic mass is 19.4. The van der Waals surface area contributed by atoms with Crippen molar-refractivity contribution in [1.29, 1.82) is 0 Å². The van der Waals surface area contributed by atoms with Crippen molar-refractivity contribution in [2.24, 2.45) is 0 Å². The highest BCUT2D eigenvalue weighted by Crippen LogP contribution is 2.40. The number of urea groups is 1. The second-order valence-corrected chi connectivity index (χ2v) is 10.1. The molecule has 2 aromatic carbocycles. The van der Waals surface area contributed by atoms with E-state index in [0.717, 1.165) is 0 Å². The fraction of sp³-hybridized carbons (Fsp3) is 0.462. The minimum atomic E-state index is -5.06. The summed E-state index contributed by atoms with van der Waals surface area (Å²) in [5.74, 6) is -1.70. The largest absolute Gasteiger partial charge is 0.416 e. The predicted octanol–water partition coefficient (Wildman–Crippen LogP) is 5.75. The van der Waals surface area contributed by atoms with Gasteiger partial charge in [0.15, 0.2) is 0 Å². The molecule has 208 valence electrons. The van der Waals surface area contributed by atoms with Gasteiger partial charge < -0.3 is 14.7 Å². The van der Waals surface area contributed by atoms with Crippen LogP contribution in [-0.2, 0) is 22.6 Å². The number of carbonyl (C=O) groups excluding carboxylic acids is 2. The van der Waals surface area contributed by atoms with Gasteiger partial charge >= 0.3 is 18.4 Å². The standard InChI is InChI=1S/C26H28F7N3O2/c1-24(2,16-10-17(25(28,29)30)12-18(11-16)26(31,32)33)22(37)35(5)21-14-36(23(38)34(3)4)13-20(21)15-6-8-19(27)9-7-15/h6-12,20-21H,13-14H2,1-5H3/t20-,21+/m0/s1. The molecule has 0 N–H and O–H groups in total. The maximum Gasteiger partial charge on any atom is 0.416 e. The number of nitrogens with zero attached hydrogens (tertiary/aromatic N) is 3. The summed E-state index contributed by atoms with van der Waals surface area (Å²) in [6.07, 6.45) is -10.1. The summed E-state index contributed by atoms with van der Waals surface area (Å²) in [5.41, 5.74) is -4.64. The van der Waals surface area contributed by atoms with E-state index in [1.807, 2.05) is 0 Å². The second kappa shape index (κ2) is 10.1. The van der Waals surface area contributed by atoms with Gasteiger partial charge in [-0.05, 0) is 55.3 Å². The first-order valence-electron chi connectivity index (χ1n) is 11.6. The lowest BCUT2D eigenvalue weighted by Gasteiger charge is -2.36. The zero-order chi connectivity index (χ0) is 28.8. The molecule has 12 heteroatoms. The van der Waals surface area contributed by atoms with Gasteiger partial charge in [0.05, 0.1) is 22.6 Å². The van der Waals surface area contributed by atoms with Crippen molar-refractivity contribution in [2.75, 3.05) is 34.2 Å². The molecule has 2 aromatic rings. The Labute approximate surface area is 215 Å². The Morgan fingerprint density at radius 2 is 1.29 bits per heavy atom. The van der Waals surface area contributed by atoms with Gasteiger partial charge in [-0.15, -0.1) is 0 Å². The lowest BCUT2D eigenvalue weighted by Crippen LogP contribution is -2.49. The van der Waals surface area contributed by atoms with Crippen LogP contribution in [0.4, 0.5) is 35.5 Å². The molecular weight excluding hydrogens is 519 g/mol. The summed E-state index contributed by atoms with van der Waals surface area (Å²) < 4.78 is 94.2. The number of benzene rings is 2. The van der Waals surface area contributed by atoms with Crippen LogP contribution >= 0.6 is 0 Å². The Morgan fingerprint density at radius 3 is 1.74 bits per heavy atom. The number of likely N-dealkylation sites (tertiary alicyclic amines) is 1. The molecule has 0 aromatic heterocycles. The van der Waals surface area contributed by atoms with E-state index < -0.39 is 58.1 Å². The molecule has 0 spiro atoms. The molecule has 0 aliphatic carbocycles. The summed E-state index contributed by atoms with van der Waals surface area (Å²) >= 11 is 0. The first kappa shape index (κ1) is 29.2. The second-order valence-electron chi connectivity index (χ2n) is 10.1. The van der Waals surface area contributed by atoms with Gasteiger partial charge in [0.25, 0.3) is 0 Å². The van der Waals surface area contributed by atoms with Crippen molar-refractivity contribution in [2.45, 2.75) is 43.6 Å². The highest BCUT2D eigenvalue weighted by molar-refractivity contribution is 5.88. The number of halogens is 7. The van der Waals surface area contributed by atoms with E-state index in [-0.39, 0.29) is 25.2 Å². The number of hydrogen-bond acceptors (Lipinski definition) is 2. The molecule has 38 heavy (non-hydrogen) atoms. The third-order valence-corrected chi connectivity index (χ3v) is 6.90. The van der Waals surface area contributed by atoms with Gasteiger partial charge in [0.2, 0.25) is 5.91 Å². The molecule has 0 bridgehead atoms. The Bertz CT molecular complexity index is 1160. The number of alkyl halides is 6. The average Bonchev–Trinajstić information content (AvgIpc) is 3.26. The van der Waals surface area contributed by atoms with E-state index in [9.17, 15) is 40.3 Å². The predicted molar refractivity (Wildman–Crippen MR) is 126 cm³/mol. The van der Waals surface area contributed by atoms with Crippen molar-refractivity contribution in [3.8, 4) is 0 Å². The zero-order valence-corrected chi connectivity index (χ0v) is 21.4. The monoisotopic (exact) mass is 547 g/mol. The van der Waals surface area contributed by atoms with Crippen LogP contribution in [0.2, 0.25) is 0 Å². The van der Waals surface area contributed by atoms with Crippen LogP contribution in [0.5, 0.6) is 0 Å². The summed E-state index contributed by atoms with van der Waals surface area (Å²) in [7, 11) is 4.49. The fourth-order valence-corrected chi connectivity index (χ4v) is 4.69. The Hall–Kier alpha value is -3.31. The molecule has 0 radical (unpaired) electrons. The highest BCUT2D eigenvalue weighted by Gasteiger charge is 2.45. The van der Waals surface area contributed by atoms with Crippen LogP contribution in [0.1, 0.15) is 42.0 Å². The van der Waals surface area contributed by atoms with E-state index >= 15 is 0 Å². The number of rotatable bonds is 4. The van der Waals surface area contributed by atoms with Crippen LogP contribution < -0.4 is 0 Å². The number of hydrogen-bond donors (Lipinski definition) is 0. The average molecular weight is 548 g/mol. The molecule has 0 unspecified atom stereocenters. The SMILES string of the molecule is CN(C)C(=O)N1C[C@@H](N(C)C(=O)C(C)(C)c2cc(C(F)(F)F)cc(C(F)(F)F)c2)[C@H](c2ccc(F)cc2)C1. The maximum atomic E-state index is 13.7. The third kappa shape index (κ3) is 5.88. The lowest BCUT2D eigenvalue weighted by atomic mass is 9.80. The molecule has 0 saturated carbocycles. The van der Waals surface area contributed by atoms with Gasteiger partial charge in [-0.2, -0.15) is 26.3 Å². The number of carbonyl (C=O) groups is 2. The van der Waals surface area contributed by atoms with E-state index in [4.69, 9.17) is 0 Å². The molecular formula is C26H28F7N3O2. The zero-order valence-electron chi connectivity index (χ0n) is 21.4. The number of likely N-dealkylation sites (N-methyl/N-ethyl adjacent to an activating group) is 1. The molecule has 1 heterocycles. The summed E-state index contributed by atoms with van der Waals surface area (Å²) in [4.78, 5) is 30.5. The molecule has 5 nitrogen and oxygen atoms in total. The van der Waals surface area contributed by atoms with E-state index in [1.165, 1.54) is 59.9 Å².